The lowest BCUT2D eigenvalue weighted by Crippen LogP contribution is -2.19. The molecule has 0 aliphatic rings. The van der Waals surface area contributed by atoms with E-state index < -0.39 is 0 Å². The van der Waals surface area contributed by atoms with Crippen LogP contribution in [0.15, 0.2) is 41.5 Å². The Balaban J connectivity index is 2.01. The first-order valence-corrected chi connectivity index (χ1v) is 8.08. The van der Waals surface area contributed by atoms with Crippen LogP contribution in [0.4, 0.5) is 5.69 Å². The van der Waals surface area contributed by atoms with Gasteiger partial charge in [0, 0.05) is 5.69 Å². The van der Waals surface area contributed by atoms with E-state index in [1.165, 1.54) is 13.3 Å². The van der Waals surface area contributed by atoms with Gasteiger partial charge in [-0.25, -0.2) is 5.43 Å². The molecule has 0 bridgehead atoms. The van der Waals surface area contributed by atoms with Crippen LogP contribution in [0.3, 0.4) is 0 Å². The Kier molecular flexibility index (Phi) is 6.65. The van der Waals surface area contributed by atoms with Gasteiger partial charge in [0.2, 0.25) is 5.91 Å². The topological polar surface area (TPSA) is 85.9 Å². The van der Waals surface area contributed by atoms with Crippen molar-refractivity contribution < 1.29 is 14.3 Å². The first-order chi connectivity index (χ1) is 12.0. The van der Waals surface area contributed by atoms with E-state index in [1.807, 2.05) is 6.92 Å². The van der Waals surface area contributed by atoms with Crippen LogP contribution in [0.25, 0.3) is 0 Å². The van der Waals surface area contributed by atoms with Gasteiger partial charge in [-0.15, -0.1) is 0 Å². The molecule has 0 unspecified atom stereocenters. The number of hydrazone groups is 1. The van der Waals surface area contributed by atoms with Gasteiger partial charge in [0.1, 0.15) is 0 Å². The van der Waals surface area contributed by atoms with Crippen molar-refractivity contribution in [2.75, 3.05) is 19.5 Å². The van der Waals surface area contributed by atoms with Crippen LogP contribution in [0, 0.1) is 0 Å². The second-order valence-corrected chi connectivity index (χ2v) is 5.59. The molecule has 0 saturated carbocycles. The Morgan fingerprint density at radius 1 is 1.32 bits per heavy atom. The summed E-state index contributed by atoms with van der Waals surface area (Å²) in [5.41, 5.74) is 10.3. The average Bonchev–Trinajstić information content (AvgIpc) is 2.57. The average molecular weight is 362 g/mol. The number of methoxy groups -OCH3 is 1. The minimum atomic E-state index is -0.231. The number of nitrogens with zero attached hydrogens (tertiary/aromatic N) is 1. The summed E-state index contributed by atoms with van der Waals surface area (Å²) in [7, 11) is 1.52. The van der Waals surface area contributed by atoms with E-state index in [2.05, 4.69) is 10.5 Å². The molecule has 0 atom stereocenters. The molecule has 6 nitrogen and oxygen atoms in total. The quantitative estimate of drug-likeness (QED) is 0.451. The van der Waals surface area contributed by atoms with E-state index in [0.29, 0.717) is 34.4 Å². The summed E-state index contributed by atoms with van der Waals surface area (Å²) in [4.78, 5) is 11.9. The predicted octanol–water partition coefficient (Wildman–Crippen LogP) is 3.02. The number of ether oxygens (including phenoxy) is 2. The lowest BCUT2D eigenvalue weighted by molar-refractivity contribution is -0.120. The zero-order valence-electron chi connectivity index (χ0n) is 14.1. The highest BCUT2D eigenvalue weighted by molar-refractivity contribution is 6.32. The number of nitrogen functional groups attached to an aromatic ring is 1. The van der Waals surface area contributed by atoms with E-state index in [9.17, 15) is 4.79 Å². The van der Waals surface area contributed by atoms with Crippen LogP contribution < -0.4 is 20.6 Å². The van der Waals surface area contributed by atoms with Crippen molar-refractivity contribution in [3.63, 3.8) is 0 Å². The molecule has 0 radical (unpaired) electrons. The number of nitrogens with two attached hydrogens (primary N) is 1. The number of rotatable bonds is 7. The van der Waals surface area contributed by atoms with Crippen LogP contribution in [-0.2, 0) is 11.2 Å². The molecule has 0 fully saturated rings. The molecular formula is C18H20ClN3O3. The van der Waals surface area contributed by atoms with Gasteiger partial charge in [-0.2, -0.15) is 5.10 Å². The second-order valence-electron chi connectivity index (χ2n) is 5.18. The van der Waals surface area contributed by atoms with E-state index in [0.717, 1.165) is 5.56 Å². The van der Waals surface area contributed by atoms with Crippen LogP contribution >= 0.6 is 11.6 Å². The van der Waals surface area contributed by atoms with Crippen LogP contribution in [0.5, 0.6) is 11.5 Å². The van der Waals surface area contributed by atoms with Gasteiger partial charge in [-0.1, -0.05) is 23.7 Å². The fraction of sp³-hybridized carbons (Fsp3) is 0.222. The highest BCUT2D eigenvalue weighted by Gasteiger charge is 2.10. The standard InChI is InChI=1S/C18H20ClN3O3/c1-3-25-16-9-13(8-15(19)18(16)24-2)11-21-22-17(23)10-12-4-6-14(20)7-5-12/h4-9,11H,3,10,20H2,1-2H3,(H,22,23)/b21-11-. The van der Waals surface area contributed by atoms with Gasteiger partial charge in [0.25, 0.3) is 0 Å². The summed E-state index contributed by atoms with van der Waals surface area (Å²) in [5.74, 6) is 0.755. The summed E-state index contributed by atoms with van der Waals surface area (Å²) in [6, 6.07) is 10.5. The van der Waals surface area contributed by atoms with Crippen molar-refractivity contribution in [2.45, 2.75) is 13.3 Å². The Morgan fingerprint density at radius 2 is 2.04 bits per heavy atom. The highest BCUT2D eigenvalue weighted by Crippen LogP contribution is 2.35. The number of hydrogen-bond acceptors (Lipinski definition) is 5. The molecule has 0 spiro atoms. The third-order valence-corrected chi connectivity index (χ3v) is 3.56. The maximum Gasteiger partial charge on any atom is 0.244 e. The lowest BCUT2D eigenvalue weighted by atomic mass is 10.1. The lowest BCUT2D eigenvalue weighted by Gasteiger charge is -2.11. The second kappa shape index (κ2) is 8.94. The van der Waals surface area contributed by atoms with Crippen molar-refractivity contribution in [3.8, 4) is 11.5 Å². The maximum atomic E-state index is 11.9. The number of benzene rings is 2. The summed E-state index contributed by atoms with van der Waals surface area (Å²) in [6.07, 6.45) is 1.71. The fourth-order valence-corrected chi connectivity index (χ4v) is 2.46. The zero-order valence-corrected chi connectivity index (χ0v) is 14.8. The van der Waals surface area contributed by atoms with E-state index in [1.54, 1.807) is 36.4 Å². The van der Waals surface area contributed by atoms with Crippen LogP contribution in [0.1, 0.15) is 18.1 Å². The van der Waals surface area contributed by atoms with Gasteiger partial charge in [0.05, 0.1) is 31.4 Å². The Bertz CT molecular complexity index is 761. The van der Waals surface area contributed by atoms with Crippen molar-refractivity contribution in [1.29, 1.82) is 0 Å². The number of anilines is 1. The first kappa shape index (κ1) is 18.6. The molecule has 2 aromatic rings. The monoisotopic (exact) mass is 361 g/mol. The summed E-state index contributed by atoms with van der Waals surface area (Å²) >= 11 is 6.17. The molecule has 3 N–H and O–H groups in total. The van der Waals surface area contributed by atoms with E-state index >= 15 is 0 Å². The molecule has 2 rings (SSSR count). The minimum Gasteiger partial charge on any atom is -0.491 e. The highest BCUT2D eigenvalue weighted by atomic mass is 35.5. The zero-order chi connectivity index (χ0) is 18.2. The molecule has 0 aromatic heterocycles. The van der Waals surface area contributed by atoms with Gasteiger partial charge < -0.3 is 15.2 Å². The molecular weight excluding hydrogens is 342 g/mol. The van der Waals surface area contributed by atoms with Gasteiger partial charge in [-0.05, 0) is 42.3 Å². The third kappa shape index (κ3) is 5.39. The molecule has 25 heavy (non-hydrogen) atoms. The summed E-state index contributed by atoms with van der Waals surface area (Å²) < 4.78 is 10.7. The molecule has 1 amide bonds. The SMILES string of the molecule is CCOc1cc(/C=N\NC(=O)Cc2ccc(N)cc2)cc(Cl)c1OC. The molecule has 2 aromatic carbocycles. The number of carbonyl (C=O) groups excluding carboxylic acids is 1. The van der Waals surface area contributed by atoms with Gasteiger partial charge >= 0.3 is 0 Å². The molecule has 7 heteroatoms. The molecule has 0 heterocycles. The fourth-order valence-electron chi connectivity index (χ4n) is 2.16. The van der Waals surface area contributed by atoms with Gasteiger partial charge in [0.15, 0.2) is 11.5 Å². The number of hydrogen-bond donors (Lipinski definition) is 2. The van der Waals surface area contributed by atoms with Crippen molar-refractivity contribution in [3.05, 3.63) is 52.5 Å². The van der Waals surface area contributed by atoms with Crippen molar-refractivity contribution in [1.82, 2.24) is 5.43 Å². The molecule has 132 valence electrons. The van der Waals surface area contributed by atoms with Crippen molar-refractivity contribution in [2.24, 2.45) is 5.10 Å². The number of amides is 1. The summed E-state index contributed by atoms with van der Waals surface area (Å²) in [6.45, 7) is 2.34. The smallest absolute Gasteiger partial charge is 0.244 e. The summed E-state index contributed by atoms with van der Waals surface area (Å²) in [5, 5.41) is 4.35. The normalized spacial score (nSPS) is 10.7. The maximum absolute atomic E-state index is 11.9. The Morgan fingerprint density at radius 3 is 2.68 bits per heavy atom. The number of carbonyl (C=O) groups is 1. The van der Waals surface area contributed by atoms with E-state index in [4.69, 9.17) is 26.8 Å². The largest absolute Gasteiger partial charge is 0.491 e. The molecule has 0 aliphatic carbocycles. The number of halogens is 1. The van der Waals surface area contributed by atoms with E-state index in [-0.39, 0.29) is 12.3 Å². The Labute approximate surface area is 151 Å². The third-order valence-electron chi connectivity index (χ3n) is 3.28. The van der Waals surface area contributed by atoms with Crippen molar-refractivity contribution >= 4 is 29.4 Å². The van der Waals surface area contributed by atoms with Gasteiger partial charge in [-0.3, -0.25) is 4.79 Å². The number of nitrogens with one attached hydrogen (secondary N) is 1. The van der Waals surface area contributed by atoms with Crippen LogP contribution in [-0.4, -0.2) is 25.8 Å². The van der Waals surface area contributed by atoms with Crippen LogP contribution in [0.2, 0.25) is 5.02 Å². The molecule has 0 aliphatic heterocycles. The first-order valence-electron chi connectivity index (χ1n) is 7.70. The molecule has 0 saturated heterocycles. The minimum absolute atomic E-state index is 0.213. The predicted molar refractivity (Wildman–Crippen MR) is 99.5 cm³/mol. The Hall–Kier alpha value is -2.73.